The zero-order valence-corrected chi connectivity index (χ0v) is 35.7. The van der Waals surface area contributed by atoms with Gasteiger partial charge >= 0.3 is 5.97 Å². The van der Waals surface area contributed by atoms with Crippen molar-refractivity contribution in [3.8, 4) is 0 Å². The smallest absolute Gasteiger partial charge is 0.306 e. The van der Waals surface area contributed by atoms with Crippen molar-refractivity contribution in [3.05, 3.63) is 12.2 Å². The molecule has 1 amide bonds. The Kier molecular flexibility index (Phi) is 40.7. The summed E-state index contributed by atoms with van der Waals surface area (Å²) in [5.74, 6) is -0.470. The summed E-state index contributed by atoms with van der Waals surface area (Å²) in [4.78, 5) is 25.9. The molecule has 6 heteroatoms. The minimum atomic E-state index is -0.779. The van der Waals surface area contributed by atoms with Crippen LogP contribution < -0.4 is 5.32 Å². The second kappa shape index (κ2) is 41.8. The fourth-order valence-corrected chi connectivity index (χ4v) is 7.25. The number of carbonyl (C=O) groups excluding carboxylic acids is 2. The van der Waals surface area contributed by atoms with Gasteiger partial charge in [0, 0.05) is 6.42 Å². The largest absolute Gasteiger partial charge is 0.462 e. The minimum absolute atomic E-state index is 0.0816. The first-order valence-corrected chi connectivity index (χ1v) is 23.4. The summed E-state index contributed by atoms with van der Waals surface area (Å²) in [7, 11) is 0. The lowest BCUT2D eigenvalue weighted by Gasteiger charge is -2.24. The maximum Gasteiger partial charge on any atom is 0.306 e. The zero-order chi connectivity index (χ0) is 38.9. The number of esters is 1. The summed E-state index contributed by atoms with van der Waals surface area (Å²) >= 11 is 0. The quantitative estimate of drug-likeness (QED) is 0.0328. The number of ether oxygens (including phenoxy) is 1. The molecule has 0 radical (unpaired) electrons. The number of hydrogen-bond acceptors (Lipinski definition) is 5. The average molecular weight is 750 g/mol. The molecule has 3 atom stereocenters. The second-order valence-electron chi connectivity index (χ2n) is 16.2. The molecule has 0 bridgehead atoms. The zero-order valence-electron chi connectivity index (χ0n) is 35.7. The van der Waals surface area contributed by atoms with Crippen molar-refractivity contribution < 1.29 is 24.5 Å². The number of hydrogen-bond donors (Lipinski definition) is 3. The van der Waals surface area contributed by atoms with E-state index in [2.05, 4.69) is 38.2 Å². The summed E-state index contributed by atoms with van der Waals surface area (Å²) in [5.41, 5.74) is 0. The van der Waals surface area contributed by atoms with Crippen LogP contribution in [-0.4, -0.2) is 46.9 Å². The number of unbranched alkanes of at least 4 members (excludes halogenated alkanes) is 28. The van der Waals surface area contributed by atoms with Gasteiger partial charge in [0.05, 0.1) is 25.2 Å². The summed E-state index contributed by atoms with van der Waals surface area (Å²) in [6.45, 7) is 6.44. The third-order valence-electron chi connectivity index (χ3n) is 10.8. The molecule has 6 nitrogen and oxygen atoms in total. The predicted octanol–water partition coefficient (Wildman–Crippen LogP) is 13.4. The molecule has 0 rings (SSSR count). The van der Waals surface area contributed by atoms with Gasteiger partial charge in [0.1, 0.15) is 6.10 Å². The number of nitrogens with one attached hydrogen (secondary N) is 1. The first kappa shape index (κ1) is 51.6. The maximum atomic E-state index is 13.1. The van der Waals surface area contributed by atoms with E-state index in [0.29, 0.717) is 19.3 Å². The molecule has 314 valence electrons. The molecule has 0 fully saturated rings. The van der Waals surface area contributed by atoms with Crippen LogP contribution in [0.3, 0.4) is 0 Å². The molecule has 3 unspecified atom stereocenters. The van der Waals surface area contributed by atoms with Crippen LogP contribution in [0.15, 0.2) is 12.2 Å². The number of amides is 1. The molecule has 0 heterocycles. The Balaban J connectivity index is 4.49. The van der Waals surface area contributed by atoms with Gasteiger partial charge in [0.15, 0.2) is 0 Å². The molecular formula is C47H91NO5. The Bertz CT molecular complexity index is 802. The van der Waals surface area contributed by atoms with Gasteiger partial charge < -0.3 is 20.3 Å². The summed E-state index contributed by atoms with van der Waals surface area (Å²) in [6, 6.07) is -0.693. The monoisotopic (exact) mass is 750 g/mol. The van der Waals surface area contributed by atoms with Crippen LogP contribution >= 0.6 is 0 Å². The van der Waals surface area contributed by atoms with Gasteiger partial charge in [-0.15, -0.1) is 0 Å². The molecule has 0 aromatic carbocycles. The Hall–Kier alpha value is -1.40. The standard InChI is InChI=1S/C47H91NO5/c1-4-7-10-13-16-19-21-22-23-24-25-28-31-34-37-40-47(52)53-43(38-35-32-29-26-18-15-12-9-6-3)41-46(51)48-44(42-49)45(50)39-36-33-30-27-20-17-14-11-8-5-2/h19,21,43-45,49-50H,4-18,20,22-42H2,1-3H3,(H,48,51)/b21-19-. The second-order valence-corrected chi connectivity index (χ2v) is 16.2. The highest BCUT2D eigenvalue weighted by atomic mass is 16.5. The van der Waals surface area contributed by atoms with Crippen LogP contribution in [0.2, 0.25) is 0 Å². The molecule has 0 aliphatic heterocycles. The summed E-state index contributed by atoms with van der Waals surface area (Å²) in [6.07, 6.45) is 44.1. The van der Waals surface area contributed by atoms with Crippen molar-refractivity contribution in [2.45, 2.75) is 270 Å². The molecule has 0 saturated carbocycles. The van der Waals surface area contributed by atoms with Gasteiger partial charge in [-0.2, -0.15) is 0 Å². The number of aliphatic hydroxyl groups is 2. The van der Waals surface area contributed by atoms with Crippen LogP contribution in [-0.2, 0) is 14.3 Å². The Morgan fingerprint density at radius 2 is 0.906 bits per heavy atom. The average Bonchev–Trinajstić information content (AvgIpc) is 3.15. The normalized spacial score (nSPS) is 13.4. The van der Waals surface area contributed by atoms with Gasteiger partial charge in [-0.25, -0.2) is 0 Å². The minimum Gasteiger partial charge on any atom is -0.462 e. The number of aliphatic hydroxyl groups excluding tert-OH is 2. The van der Waals surface area contributed by atoms with Crippen molar-refractivity contribution in [2.75, 3.05) is 6.61 Å². The Labute approximate surface area is 329 Å². The topological polar surface area (TPSA) is 95.9 Å². The van der Waals surface area contributed by atoms with Crippen molar-refractivity contribution in [1.82, 2.24) is 5.32 Å². The van der Waals surface area contributed by atoms with Crippen LogP contribution in [0, 0.1) is 0 Å². The van der Waals surface area contributed by atoms with E-state index in [9.17, 15) is 19.8 Å². The van der Waals surface area contributed by atoms with E-state index in [1.54, 1.807) is 0 Å². The van der Waals surface area contributed by atoms with E-state index in [4.69, 9.17) is 4.74 Å². The summed E-state index contributed by atoms with van der Waals surface area (Å²) in [5, 5.41) is 23.6. The van der Waals surface area contributed by atoms with E-state index < -0.39 is 18.2 Å². The van der Waals surface area contributed by atoms with Crippen molar-refractivity contribution in [1.29, 1.82) is 0 Å². The summed E-state index contributed by atoms with van der Waals surface area (Å²) < 4.78 is 5.90. The van der Waals surface area contributed by atoms with Crippen LogP contribution in [0.5, 0.6) is 0 Å². The molecule has 0 aliphatic carbocycles. The lowest BCUT2D eigenvalue weighted by molar-refractivity contribution is -0.151. The van der Waals surface area contributed by atoms with E-state index in [1.807, 2.05) is 0 Å². The third-order valence-corrected chi connectivity index (χ3v) is 10.8. The Morgan fingerprint density at radius 1 is 0.528 bits per heavy atom. The van der Waals surface area contributed by atoms with Crippen molar-refractivity contribution in [3.63, 3.8) is 0 Å². The van der Waals surface area contributed by atoms with E-state index in [1.165, 1.54) is 161 Å². The highest BCUT2D eigenvalue weighted by molar-refractivity contribution is 5.77. The van der Waals surface area contributed by atoms with E-state index in [0.717, 1.165) is 44.9 Å². The molecular weight excluding hydrogens is 659 g/mol. The van der Waals surface area contributed by atoms with Crippen LogP contribution in [0.4, 0.5) is 0 Å². The van der Waals surface area contributed by atoms with Gasteiger partial charge in [0.2, 0.25) is 5.91 Å². The molecule has 0 aromatic rings. The first-order chi connectivity index (χ1) is 26.0. The van der Waals surface area contributed by atoms with Crippen LogP contribution in [0.1, 0.15) is 252 Å². The van der Waals surface area contributed by atoms with Crippen molar-refractivity contribution in [2.24, 2.45) is 0 Å². The van der Waals surface area contributed by atoms with Gasteiger partial charge in [0.25, 0.3) is 0 Å². The molecule has 0 saturated heterocycles. The SMILES string of the molecule is CCCCCC/C=C\CCCCCCCCCC(=O)OC(CCCCCCCCCCC)CC(=O)NC(CO)C(O)CCCCCCCCCCCC. The predicted molar refractivity (Wildman–Crippen MR) is 227 cm³/mol. The fraction of sp³-hybridized carbons (Fsp3) is 0.915. The molecule has 0 aromatic heterocycles. The number of rotatable bonds is 42. The fourth-order valence-electron chi connectivity index (χ4n) is 7.25. The van der Waals surface area contributed by atoms with Gasteiger partial charge in [-0.3, -0.25) is 9.59 Å². The molecule has 3 N–H and O–H groups in total. The Morgan fingerprint density at radius 3 is 1.36 bits per heavy atom. The van der Waals surface area contributed by atoms with E-state index >= 15 is 0 Å². The number of carbonyl (C=O) groups is 2. The maximum absolute atomic E-state index is 13.1. The van der Waals surface area contributed by atoms with Gasteiger partial charge in [-0.05, 0) is 51.4 Å². The number of allylic oxidation sites excluding steroid dienone is 2. The highest BCUT2D eigenvalue weighted by Crippen LogP contribution is 2.18. The lowest BCUT2D eigenvalue weighted by atomic mass is 10.0. The lowest BCUT2D eigenvalue weighted by Crippen LogP contribution is -2.46. The first-order valence-electron chi connectivity index (χ1n) is 23.4. The van der Waals surface area contributed by atoms with Crippen molar-refractivity contribution >= 4 is 11.9 Å². The highest BCUT2D eigenvalue weighted by Gasteiger charge is 2.24. The molecule has 0 spiro atoms. The third kappa shape index (κ3) is 37.3. The van der Waals surface area contributed by atoms with Gasteiger partial charge in [-0.1, -0.05) is 200 Å². The van der Waals surface area contributed by atoms with E-state index in [-0.39, 0.29) is 24.9 Å². The molecule has 0 aliphatic rings. The molecule has 53 heavy (non-hydrogen) atoms. The van der Waals surface area contributed by atoms with Crippen LogP contribution in [0.25, 0.3) is 0 Å².